The molecule has 0 aromatic carbocycles. The summed E-state index contributed by atoms with van der Waals surface area (Å²) in [5, 5.41) is 9.79. The van der Waals surface area contributed by atoms with E-state index in [4.69, 9.17) is 18.9 Å². The minimum absolute atomic E-state index is 0.182. The molecule has 0 aromatic heterocycles. The van der Waals surface area contributed by atoms with Gasteiger partial charge in [-0.15, -0.1) is 0 Å². The van der Waals surface area contributed by atoms with Crippen LogP contribution in [-0.2, 0) is 33.3 Å². The minimum atomic E-state index is -1.52. The van der Waals surface area contributed by atoms with E-state index in [2.05, 4.69) is 196 Å². The Balaban J connectivity index is 4.02. The quantitative estimate of drug-likeness (QED) is 0.0211. The van der Waals surface area contributed by atoms with E-state index in [1.54, 1.807) is 0 Å². The molecule has 0 saturated carbocycles. The third-order valence-corrected chi connectivity index (χ3v) is 18.2. The first-order valence-corrected chi connectivity index (χ1v) is 42.9. The fourth-order valence-electron chi connectivity index (χ4n) is 11.7. The standard InChI is InChI=1S/C96H159NO8/c1-6-8-10-12-14-16-18-20-22-24-26-28-30-32-34-36-38-40-42-44-46-47-49-50-52-54-56-58-60-62-64-66-68-70-72-74-76-78-80-82-84-86-93(98)103-90-92(91-104-96(95(100)101)102-89-88-97(3,4)5)105-94(99)87-85-83-81-79-77-75-73-71-69-67-65-63-61-59-57-55-53-51-48-45-43-41-39-37-35-33-31-29-27-25-23-21-19-17-15-13-11-9-7-2/h8-11,14-17,20-23,26-29,32-35,38-41,44-46,48,53,55,92,96H,6-7,12-13,18-19,24-25,30-31,36-37,42-43,47,49-52,54,56-91H2,1-5H3/p+1/b10-8-,11-9-,16-14-,17-15-,22-20-,23-21-,28-26-,29-27-,34-32-,35-33-,40-38-,41-39-,46-44-,48-45-,55-53-. The molecular weight excluding hydrogens is 1300 g/mol. The number of ether oxygens (including phenoxy) is 4. The van der Waals surface area contributed by atoms with Gasteiger partial charge in [-0.1, -0.05) is 382 Å². The van der Waals surface area contributed by atoms with E-state index >= 15 is 0 Å². The van der Waals surface area contributed by atoms with Crippen LogP contribution in [0.2, 0.25) is 0 Å². The number of aliphatic carboxylic acids is 1. The summed E-state index contributed by atoms with van der Waals surface area (Å²) < 4.78 is 23.1. The van der Waals surface area contributed by atoms with Gasteiger partial charge in [-0.05, 0) is 135 Å². The highest BCUT2D eigenvalue weighted by Crippen LogP contribution is 2.18. The molecule has 0 heterocycles. The molecule has 0 saturated heterocycles. The minimum Gasteiger partial charge on any atom is -0.477 e. The maximum Gasteiger partial charge on any atom is 0.361 e. The lowest BCUT2D eigenvalue weighted by Gasteiger charge is -2.25. The van der Waals surface area contributed by atoms with E-state index in [1.807, 2.05) is 21.1 Å². The molecule has 1 N–H and O–H groups in total. The second kappa shape index (κ2) is 84.0. The number of hydrogen-bond donors (Lipinski definition) is 1. The number of carbonyl (C=O) groups excluding carboxylic acids is 2. The lowest BCUT2D eigenvalue weighted by atomic mass is 10.0. The van der Waals surface area contributed by atoms with E-state index in [-0.39, 0.29) is 32.2 Å². The zero-order valence-electron chi connectivity index (χ0n) is 68.3. The Morgan fingerprint density at radius 3 is 0.762 bits per heavy atom. The first-order valence-electron chi connectivity index (χ1n) is 42.9. The summed E-state index contributed by atoms with van der Waals surface area (Å²) in [7, 11) is 5.99. The molecule has 2 unspecified atom stereocenters. The molecule has 105 heavy (non-hydrogen) atoms. The normalized spacial score (nSPS) is 13.6. The highest BCUT2D eigenvalue weighted by atomic mass is 16.7. The monoisotopic (exact) mass is 1460 g/mol. The summed E-state index contributed by atoms with van der Waals surface area (Å²) in [5.74, 6) is -2.00. The molecule has 9 nitrogen and oxygen atoms in total. The molecule has 0 aliphatic heterocycles. The highest BCUT2D eigenvalue weighted by Gasteiger charge is 2.25. The second-order valence-electron chi connectivity index (χ2n) is 29.4. The number of rotatable bonds is 78. The predicted molar refractivity (Wildman–Crippen MR) is 456 cm³/mol. The van der Waals surface area contributed by atoms with Gasteiger partial charge in [0.05, 0.1) is 34.4 Å². The summed E-state index contributed by atoms with van der Waals surface area (Å²) in [6.45, 7) is 4.67. The van der Waals surface area contributed by atoms with Gasteiger partial charge in [0.15, 0.2) is 6.10 Å². The molecule has 0 aromatic rings. The van der Waals surface area contributed by atoms with E-state index in [0.717, 1.165) is 135 Å². The van der Waals surface area contributed by atoms with Gasteiger partial charge in [0.25, 0.3) is 6.29 Å². The topological polar surface area (TPSA) is 108 Å². The van der Waals surface area contributed by atoms with Crippen molar-refractivity contribution in [2.75, 3.05) is 47.5 Å². The largest absolute Gasteiger partial charge is 0.477 e. The second-order valence-corrected chi connectivity index (χ2v) is 29.4. The molecular formula is C96H160NO8+. The molecule has 0 spiro atoms. The average molecular weight is 1460 g/mol. The van der Waals surface area contributed by atoms with Crippen LogP contribution in [0.4, 0.5) is 0 Å². The number of hydrogen-bond acceptors (Lipinski definition) is 7. The Kier molecular flexibility index (Phi) is 79.5. The van der Waals surface area contributed by atoms with E-state index in [1.165, 1.54) is 180 Å². The van der Waals surface area contributed by atoms with E-state index in [9.17, 15) is 19.5 Å². The summed E-state index contributed by atoms with van der Waals surface area (Å²) in [6, 6.07) is 0. The Hall–Kier alpha value is -5.61. The zero-order valence-corrected chi connectivity index (χ0v) is 68.3. The van der Waals surface area contributed by atoms with Crippen molar-refractivity contribution in [3.63, 3.8) is 0 Å². The van der Waals surface area contributed by atoms with Crippen LogP contribution in [0.5, 0.6) is 0 Å². The van der Waals surface area contributed by atoms with Crippen LogP contribution in [0.15, 0.2) is 182 Å². The van der Waals surface area contributed by atoms with Crippen molar-refractivity contribution in [3.8, 4) is 0 Å². The molecule has 0 amide bonds. The number of carboxylic acid groups (broad SMARTS) is 1. The van der Waals surface area contributed by atoms with Crippen molar-refractivity contribution >= 4 is 17.9 Å². The Bertz CT molecular complexity index is 2400. The molecule has 0 aliphatic carbocycles. The van der Waals surface area contributed by atoms with Gasteiger partial charge < -0.3 is 28.5 Å². The number of carboxylic acids is 1. The van der Waals surface area contributed by atoms with Gasteiger partial charge in [0.1, 0.15) is 13.2 Å². The maximum atomic E-state index is 13.0. The number of nitrogens with zero attached hydrogens (tertiary/aromatic N) is 1. The van der Waals surface area contributed by atoms with Gasteiger partial charge in [-0.25, -0.2) is 4.79 Å². The van der Waals surface area contributed by atoms with Crippen molar-refractivity contribution in [2.24, 2.45) is 0 Å². The Labute approximate surface area is 647 Å². The van der Waals surface area contributed by atoms with Crippen molar-refractivity contribution in [3.05, 3.63) is 182 Å². The van der Waals surface area contributed by atoms with Gasteiger partial charge in [-0.3, -0.25) is 9.59 Å². The Morgan fingerprint density at radius 2 is 0.514 bits per heavy atom. The number of likely N-dealkylation sites (N-methyl/N-ethyl adjacent to an activating group) is 1. The number of carbonyl (C=O) groups is 3. The van der Waals surface area contributed by atoms with Crippen molar-refractivity contribution in [1.29, 1.82) is 0 Å². The highest BCUT2D eigenvalue weighted by molar-refractivity contribution is 5.71. The van der Waals surface area contributed by atoms with Crippen LogP contribution in [0, 0.1) is 0 Å². The summed E-state index contributed by atoms with van der Waals surface area (Å²) in [5.41, 5.74) is 0. The van der Waals surface area contributed by atoms with Crippen molar-refractivity contribution in [2.45, 2.75) is 360 Å². The third kappa shape index (κ3) is 85.5. The fraction of sp³-hybridized carbons (Fsp3) is 0.656. The average Bonchev–Trinajstić information content (AvgIpc) is 1.97. The Morgan fingerprint density at radius 1 is 0.286 bits per heavy atom. The smallest absolute Gasteiger partial charge is 0.361 e. The maximum absolute atomic E-state index is 13.0. The first-order chi connectivity index (χ1) is 51.6. The van der Waals surface area contributed by atoms with Gasteiger partial charge in [-0.2, -0.15) is 0 Å². The van der Waals surface area contributed by atoms with Gasteiger partial charge >= 0.3 is 17.9 Å². The zero-order chi connectivity index (χ0) is 76.0. The van der Waals surface area contributed by atoms with Crippen LogP contribution in [0.25, 0.3) is 0 Å². The first kappa shape index (κ1) is 99.4. The van der Waals surface area contributed by atoms with Crippen LogP contribution in [0.1, 0.15) is 348 Å². The molecule has 0 rings (SSSR count). The molecule has 0 fully saturated rings. The number of esters is 2. The lowest BCUT2D eigenvalue weighted by Crippen LogP contribution is -2.40. The van der Waals surface area contributed by atoms with Crippen molar-refractivity contribution in [1.82, 2.24) is 0 Å². The molecule has 596 valence electrons. The summed E-state index contributed by atoms with van der Waals surface area (Å²) in [4.78, 5) is 37.8. The summed E-state index contributed by atoms with van der Waals surface area (Å²) in [6.07, 6.45) is 125. The predicted octanol–water partition coefficient (Wildman–Crippen LogP) is 28.3. The SMILES string of the molecule is CC/C=C\C/C=C\C/C=C\C/C=C\C/C=C\C/C=C\C/C=C\C/C=C\CCCCCCCCCCCCCCCCC(=O)OC(COC(=O)CCCCCCCCCCCCCCCCCCCCC/C=C\C/C=C\C/C=C\C/C=C\C/C=C\C/C=C\C/C=C\CC)COC(OCC[N+](C)(C)C)C(=O)O. The molecule has 0 radical (unpaired) electrons. The van der Waals surface area contributed by atoms with Gasteiger partial charge in [0.2, 0.25) is 0 Å². The van der Waals surface area contributed by atoms with Crippen LogP contribution in [-0.4, -0.2) is 87.4 Å². The molecule has 0 aliphatic rings. The van der Waals surface area contributed by atoms with Gasteiger partial charge in [0, 0.05) is 12.8 Å². The molecule has 0 bridgehead atoms. The lowest BCUT2D eigenvalue weighted by molar-refractivity contribution is -0.870. The van der Waals surface area contributed by atoms with E-state index < -0.39 is 24.3 Å². The number of allylic oxidation sites excluding steroid dienone is 30. The van der Waals surface area contributed by atoms with E-state index in [0.29, 0.717) is 23.9 Å². The van der Waals surface area contributed by atoms with Crippen LogP contribution >= 0.6 is 0 Å². The van der Waals surface area contributed by atoms with Crippen LogP contribution < -0.4 is 0 Å². The molecule has 9 heteroatoms. The molecule has 2 atom stereocenters. The van der Waals surface area contributed by atoms with Crippen LogP contribution in [0.3, 0.4) is 0 Å². The third-order valence-electron chi connectivity index (χ3n) is 18.2. The van der Waals surface area contributed by atoms with Crippen molar-refractivity contribution < 1.29 is 42.9 Å². The fourth-order valence-corrected chi connectivity index (χ4v) is 11.7. The number of quaternary nitrogens is 1. The summed E-state index contributed by atoms with van der Waals surface area (Å²) >= 11 is 0. The number of unbranched alkanes of at least 4 members (excludes halogenated alkanes) is 33.